The van der Waals surface area contributed by atoms with Gasteiger partial charge in [-0.25, -0.2) is 4.39 Å². The van der Waals surface area contributed by atoms with Crippen molar-refractivity contribution in [2.45, 2.75) is 31.1 Å². The molecule has 28 heavy (non-hydrogen) atoms. The van der Waals surface area contributed by atoms with E-state index in [4.69, 9.17) is 4.74 Å². The predicted molar refractivity (Wildman–Crippen MR) is 102 cm³/mol. The van der Waals surface area contributed by atoms with Crippen LogP contribution in [0.1, 0.15) is 28.8 Å². The van der Waals surface area contributed by atoms with Gasteiger partial charge in [-0.3, -0.25) is 14.7 Å². The Morgan fingerprint density at radius 3 is 3.00 bits per heavy atom. The number of hydrogen-bond donors (Lipinski definition) is 1. The van der Waals surface area contributed by atoms with E-state index in [0.29, 0.717) is 23.9 Å². The normalized spacial score (nSPS) is 31.1. The Bertz CT molecular complexity index is 877. The monoisotopic (exact) mass is 381 g/mol. The summed E-state index contributed by atoms with van der Waals surface area (Å²) in [5, 5.41) is 3.09. The van der Waals surface area contributed by atoms with Crippen molar-refractivity contribution in [1.29, 1.82) is 0 Å². The highest BCUT2D eigenvalue weighted by Crippen LogP contribution is 2.54. The molecule has 5 rings (SSSR count). The molecule has 2 bridgehead atoms. The number of ether oxygens (including phenoxy) is 1. The molecular formula is C22H24FN3O2. The van der Waals surface area contributed by atoms with Crippen molar-refractivity contribution in [2.24, 2.45) is 11.8 Å². The van der Waals surface area contributed by atoms with Crippen molar-refractivity contribution in [3.8, 4) is 0 Å². The Morgan fingerprint density at radius 2 is 2.18 bits per heavy atom. The van der Waals surface area contributed by atoms with Gasteiger partial charge >= 0.3 is 0 Å². The molecule has 0 aliphatic carbocycles. The zero-order valence-electron chi connectivity index (χ0n) is 15.7. The minimum atomic E-state index is -0.191. The van der Waals surface area contributed by atoms with Gasteiger partial charge < -0.3 is 10.1 Å². The lowest BCUT2D eigenvalue weighted by Crippen LogP contribution is -2.41. The Hall–Kier alpha value is -2.31. The van der Waals surface area contributed by atoms with E-state index >= 15 is 0 Å². The van der Waals surface area contributed by atoms with Crippen molar-refractivity contribution in [1.82, 2.24) is 15.2 Å². The number of nitrogens with one attached hydrogen (secondary N) is 1. The molecule has 3 saturated heterocycles. The Labute approximate surface area is 163 Å². The molecule has 5 nitrogen and oxygen atoms in total. The first-order valence-electron chi connectivity index (χ1n) is 9.96. The number of halogens is 1. The summed E-state index contributed by atoms with van der Waals surface area (Å²) in [5.74, 6) is 0.493. The number of benzene rings is 1. The number of fused-ring (bicyclic) bond motifs is 1. The lowest BCUT2D eigenvalue weighted by Gasteiger charge is -2.29. The van der Waals surface area contributed by atoms with Gasteiger partial charge in [0.15, 0.2) is 0 Å². The predicted octanol–water partition coefficient (Wildman–Crippen LogP) is 2.63. The molecule has 3 fully saturated rings. The molecule has 146 valence electrons. The van der Waals surface area contributed by atoms with Gasteiger partial charge in [0.1, 0.15) is 5.82 Å². The van der Waals surface area contributed by atoms with Crippen LogP contribution in [-0.2, 0) is 11.3 Å². The lowest BCUT2D eigenvalue weighted by molar-refractivity contribution is 0.00212. The minimum absolute atomic E-state index is 0.0613. The van der Waals surface area contributed by atoms with E-state index in [1.165, 1.54) is 6.07 Å². The van der Waals surface area contributed by atoms with Crippen molar-refractivity contribution in [2.75, 3.05) is 19.6 Å². The molecule has 0 radical (unpaired) electrons. The number of hydrogen-bond acceptors (Lipinski definition) is 4. The van der Waals surface area contributed by atoms with Gasteiger partial charge in [-0.05, 0) is 42.7 Å². The maximum Gasteiger partial charge on any atom is 0.251 e. The van der Waals surface area contributed by atoms with Crippen molar-refractivity contribution in [3.05, 3.63) is 65.7 Å². The smallest absolute Gasteiger partial charge is 0.251 e. The molecule has 4 atom stereocenters. The average Bonchev–Trinajstić information content (AvgIpc) is 3.35. The van der Waals surface area contributed by atoms with Crippen LogP contribution < -0.4 is 5.32 Å². The highest BCUT2D eigenvalue weighted by atomic mass is 19.1. The summed E-state index contributed by atoms with van der Waals surface area (Å²) in [4.78, 5) is 18.7. The first-order valence-corrected chi connectivity index (χ1v) is 9.96. The summed E-state index contributed by atoms with van der Waals surface area (Å²) in [7, 11) is 0. The molecule has 0 saturated carbocycles. The van der Waals surface area contributed by atoms with E-state index in [0.717, 1.165) is 38.0 Å². The fraction of sp³-hybridized carbons (Fsp3) is 0.455. The van der Waals surface area contributed by atoms with Crippen LogP contribution in [-0.4, -0.2) is 47.1 Å². The summed E-state index contributed by atoms with van der Waals surface area (Å²) in [6.07, 6.45) is 5.63. The quantitative estimate of drug-likeness (QED) is 0.865. The molecule has 0 unspecified atom stereocenters. The van der Waals surface area contributed by atoms with E-state index in [1.54, 1.807) is 36.7 Å². The third-order valence-electron chi connectivity index (χ3n) is 6.59. The van der Waals surface area contributed by atoms with Crippen LogP contribution in [0.2, 0.25) is 0 Å². The Balaban J connectivity index is 1.25. The average molecular weight is 381 g/mol. The summed E-state index contributed by atoms with van der Waals surface area (Å²) in [5.41, 5.74) is 1.53. The third-order valence-corrected chi connectivity index (χ3v) is 6.59. The molecule has 1 aromatic carbocycles. The molecule has 1 amide bonds. The summed E-state index contributed by atoms with van der Waals surface area (Å²) >= 11 is 0. The third kappa shape index (κ3) is 3.10. The first-order chi connectivity index (χ1) is 13.6. The van der Waals surface area contributed by atoms with Crippen LogP contribution in [0.4, 0.5) is 4.39 Å². The van der Waals surface area contributed by atoms with Gasteiger partial charge in [-0.2, -0.15) is 0 Å². The molecular weight excluding hydrogens is 357 g/mol. The molecule has 1 N–H and O–H groups in total. The second-order valence-corrected chi connectivity index (χ2v) is 8.28. The number of nitrogens with zero attached hydrogens (tertiary/aromatic N) is 2. The zero-order chi connectivity index (χ0) is 19.1. The fourth-order valence-corrected chi connectivity index (χ4v) is 5.39. The molecule has 6 heteroatoms. The topological polar surface area (TPSA) is 54.5 Å². The van der Waals surface area contributed by atoms with Gasteiger partial charge in [-0.15, -0.1) is 0 Å². The second kappa shape index (κ2) is 6.94. The van der Waals surface area contributed by atoms with Gasteiger partial charge in [-0.1, -0.05) is 12.1 Å². The molecule has 3 aliphatic heterocycles. The van der Waals surface area contributed by atoms with Gasteiger partial charge in [0, 0.05) is 56.0 Å². The van der Waals surface area contributed by atoms with E-state index in [-0.39, 0.29) is 23.4 Å². The highest BCUT2D eigenvalue weighted by molar-refractivity contribution is 5.93. The molecule has 2 aromatic rings. The van der Waals surface area contributed by atoms with Gasteiger partial charge in [0.2, 0.25) is 0 Å². The number of rotatable bonds is 5. The first kappa shape index (κ1) is 17.8. The molecule has 1 aromatic heterocycles. The fourth-order valence-electron chi connectivity index (χ4n) is 5.39. The second-order valence-electron chi connectivity index (χ2n) is 8.28. The lowest BCUT2D eigenvalue weighted by atomic mass is 9.73. The number of likely N-dealkylation sites (tertiary alicyclic amines) is 1. The van der Waals surface area contributed by atoms with Crippen LogP contribution in [0.15, 0.2) is 48.8 Å². The molecule has 3 aliphatic rings. The largest absolute Gasteiger partial charge is 0.370 e. The van der Waals surface area contributed by atoms with Crippen molar-refractivity contribution < 1.29 is 13.9 Å². The Morgan fingerprint density at radius 1 is 1.32 bits per heavy atom. The minimum Gasteiger partial charge on any atom is -0.370 e. The zero-order valence-corrected chi connectivity index (χ0v) is 15.7. The van der Waals surface area contributed by atoms with E-state index in [9.17, 15) is 9.18 Å². The van der Waals surface area contributed by atoms with Crippen molar-refractivity contribution >= 4 is 5.91 Å². The number of amides is 1. The Kier molecular flexibility index (Phi) is 4.40. The standard InChI is InChI=1S/C22H24FN3O2/c23-17-3-1-2-15(10-17)12-26-13-19-18(20-4-7-22(19,14-26)28-20)11-25-21(27)16-5-8-24-9-6-16/h1-3,5-6,8-10,18-20H,4,7,11-14H2,(H,25,27)/t18-,19+,20+,22+/m0/s1. The molecule has 4 heterocycles. The van der Waals surface area contributed by atoms with Crippen LogP contribution in [0.25, 0.3) is 0 Å². The van der Waals surface area contributed by atoms with E-state index in [1.807, 2.05) is 6.07 Å². The maximum absolute atomic E-state index is 13.5. The molecule has 1 spiro atoms. The van der Waals surface area contributed by atoms with E-state index < -0.39 is 0 Å². The number of pyridine rings is 1. The van der Waals surface area contributed by atoms with Gasteiger partial charge in [0.05, 0.1) is 11.7 Å². The summed E-state index contributed by atoms with van der Waals surface area (Å²) in [6, 6.07) is 10.3. The van der Waals surface area contributed by atoms with Gasteiger partial charge in [0.25, 0.3) is 5.91 Å². The van der Waals surface area contributed by atoms with Crippen LogP contribution in [0.3, 0.4) is 0 Å². The summed E-state index contributed by atoms with van der Waals surface area (Å²) < 4.78 is 20.0. The number of aromatic nitrogens is 1. The van der Waals surface area contributed by atoms with E-state index in [2.05, 4.69) is 15.2 Å². The number of carbonyl (C=O) groups excluding carboxylic acids is 1. The highest BCUT2D eigenvalue weighted by Gasteiger charge is 2.62. The maximum atomic E-state index is 13.5. The van der Waals surface area contributed by atoms with Crippen LogP contribution in [0, 0.1) is 17.7 Å². The SMILES string of the molecule is O=C(NC[C@H]1[C@H]2CN(Cc3cccc(F)c3)C[C@]23CC[C@H]1O3)c1ccncc1. The van der Waals surface area contributed by atoms with Crippen molar-refractivity contribution in [3.63, 3.8) is 0 Å². The number of carbonyl (C=O) groups is 1. The van der Waals surface area contributed by atoms with Crippen LogP contribution in [0.5, 0.6) is 0 Å². The van der Waals surface area contributed by atoms with Crippen LogP contribution >= 0.6 is 0 Å². The summed E-state index contributed by atoms with van der Waals surface area (Å²) in [6.45, 7) is 3.19.